The second-order valence-corrected chi connectivity index (χ2v) is 4.49. The van der Waals surface area contributed by atoms with E-state index in [0.717, 1.165) is 18.5 Å². The highest BCUT2D eigenvalue weighted by molar-refractivity contribution is 5.84. The number of hydrogen-bond donors (Lipinski definition) is 0. The zero-order valence-electron chi connectivity index (χ0n) is 10.5. The fraction of sp³-hybridized carbons (Fsp3) is 0.429. The predicted molar refractivity (Wildman–Crippen MR) is 66.6 cm³/mol. The van der Waals surface area contributed by atoms with Gasteiger partial charge in [0.05, 0.1) is 0 Å². The Hall–Kier alpha value is -1.84. The van der Waals surface area contributed by atoms with Gasteiger partial charge in [-0.25, -0.2) is 0 Å². The maximum absolute atomic E-state index is 12.1. The Morgan fingerprint density at radius 1 is 1.39 bits per heavy atom. The summed E-state index contributed by atoms with van der Waals surface area (Å²) < 4.78 is 5.04. The fourth-order valence-corrected chi connectivity index (χ4v) is 2.18. The highest BCUT2D eigenvalue weighted by Crippen LogP contribution is 2.17. The van der Waals surface area contributed by atoms with Crippen LogP contribution in [0.1, 0.15) is 25.3 Å². The molecule has 1 aromatic carbocycles. The SMILES string of the molecule is CC(=O)O[C@H]1CCCN(Cc2ccccc2)C1=O. The zero-order valence-corrected chi connectivity index (χ0v) is 10.5. The van der Waals surface area contributed by atoms with E-state index in [-0.39, 0.29) is 5.91 Å². The van der Waals surface area contributed by atoms with E-state index in [4.69, 9.17) is 4.74 Å². The number of amides is 1. The lowest BCUT2D eigenvalue weighted by molar-refractivity contribution is -0.162. The minimum absolute atomic E-state index is 0.0831. The number of piperidine rings is 1. The van der Waals surface area contributed by atoms with Gasteiger partial charge in [0.2, 0.25) is 0 Å². The first-order valence-electron chi connectivity index (χ1n) is 6.17. The lowest BCUT2D eigenvalue weighted by Crippen LogP contribution is -2.45. The van der Waals surface area contributed by atoms with Gasteiger partial charge in [-0.3, -0.25) is 9.59 Å². The molecule has 0 aromatic heterocycles. The standard InChI is InChI=1S/C14H17NO3/c1-11(16)18-13-8-5-9-15(14(13)17)10-12-6-3-2-4-7-12/h2-4,6-7,13H,5,8-10H2,1H3/t13-/m0/s1. The summed E-state index contributed by atoms with van der Waals surface area (Å²) >= 11 is 0. The average molecular weight is 247 g/mol. The highest BCUT2D eigenvalue weighted by Gasteiger charge is 2.30. The van der Waals surface area contributed by atoms with Gasteiger partial charge in [0.15, 0.2) is 6.10 Å². The van der Waals surface area contributed by atoms with Crippen LogP contribution in [0.4, 0.5) is 0 Å². The molecule has 4 nitrogen and oxygen atoms in total. The summed E-state index contributed by atoms with van der Waals surface area (Å²) in [6.07, 6.45) is 0.903. The van der Waals surface area contributed by atoms with Crippen molar-refractivity contribution in [2.24, 2.45) is 0 Å². The van der Waals surface area contributed by atoms with Crippen molar-refractivity contribution in [1.29, 1.82) is 0 Å². The van der Waals surface area contributed by atoms with Gasteiger partial charge in [-0.15, -0.1) is 0 Å². The molecule has 0 N–H and O–H groups in total. The van der Waals surface area contributed by atoms with Crippen LogP contribution in [0.15, 0.2) is 30.3 Å². The smallest absolute Gasteiger partial charge is 0.303 e. The lowest BCUT2D eigenvalue weighted by Gasteiger charge is -2.31. The normalized spacial score (nSPS) is 19.7. The minimum atomic E-state index is -0.597. The molecule has 1 aliphatic rings. The van der Waals surface area contributed by atoms with Crippen molar-refractivity contribution in [1.82, 2.24) is 4.90 Å². The van der Waals surface area contributed by atoms with E-state index in [1.165, 1.54) is 6.92 Å². The van der Waals surface area contributed by atoms with Crippen LogP contribution in [-0.4, -0.2) is 29.4 Å². The molecule has 0 spiro atoms. The molecule has 1 atom stereocenters. The van der Waals surface area contributed by atoms with E-state index in [1.807, 2.05) is 30.3 Å². The first-order valence-corrected chi connectivity index (χ1v) is 6.17. The van der Waals surface area contributed by atoms with Crippen LogP contribution in [0.5, 0.6) is 0 Å². The molecule has 96 valence electrons. The lowest BCUT2D eigenvalue weighted by atomic mass is 10.1. The van der Waals surface area contributed by atoms with Crippen LogP contribution in [0.2, 0.25) is 0 Å². The molecule has 18 heavy (non-hydrogen) atoms. The van der Waals surface area contributed by atoms with Crippen molar-refractivity contribution in [3.05, 3.63) is 35.9 Å². The number of carbonyl (C=O) groups excluding carboxylic acids is 2. The Balaban J connectivity index is 2.00. The van der Waals surface area contributed by atoms with Crippen LogP contribution in [0.3, 0.4) is 0 Å². The quantitative estimate of drug-likeness (QED) is 0.764. The number of ether oxygens (including phenoxy) is 1. The summed E-state index contributed by atoms with van der Waals surface area (Å²) in [5, 5.41) is 0. The number of nitrogens with zero attached hydrogens (tertiary/aromatic N) is 1. The molecule has 2 rings (SSSR count). The monoisotopic (exact) mass is 247 g/mol. The van der Waals surface area contributed by atoms with Crippen LogP contribution >= 0.6 is 0 Å². The molecule has 1 heterocycles. The molecule has 1 amide bonds. The molecule has 0 unspecified atom stereocenters. The van der Waals surface area contributed by atoms with Crippen molar-refractivity contribution >= 4 is 11.9 Å². The van der Waals surface area contributed by atoms with E-state index in [1.54, 1.807) is 4.90 Å². The number of esters is 1. The maximum atomic E-state index is 12.1. The largest absolute Gasteiger partial charge is 0.452 e. The topological polar surface area (TPSA) is 46.6 Å². The first kappa shape index (κ1) is 12.6. The molecule has 0 radical (unpaired) electrons. The van der Waals surface area contributed by atoms with Gasteiger partial charge in [0.25, 0.3) is 5.91 Å². The number of hydrogen-bond acceptors (Lipinski definition) is 3. The Kier molecular flexibility index (Phi) is 3.97. The van der Waals surface area contributed by atoms with Crippen molar-refractivity contribution in [3.8, 4) is 0 Å². The molecule has 1 fully saturated rings. The second kappa shape index (κ2) is 5.67. The molecular formula is C14H17NO3. The summed E-state index contributed by atoms with van der Waals surface area (Å²) in [6, 6.07) is 9.83. The van der Waals surface area contributed by atoms with E-state index >= 15 is 0 Å². The molecule has 4 heteroatoms. The minimum Gasteiger partial charge on any atom is -0.452 e. The maximum Gasteiger partial charge on any atom is 0.303 e. The van der Waals surface area contributed by atoms with E-state index in [0.29, 0.717) is 13.0 Å². The Bertz CT molecular complexity index is 430. The van der Waals surface area contributed by atoms with Crippen LogP contribution in [0.25, 0.3) is 0 Å². The van der Waals surface area contributed by atoms with E-state index < -0.39 is 12.1 Å². The number of carbonyl (C=O) groups is 2. The molecule has 0 bridgehead atoms. The Labute approximate surface area is 107 Å². The van der Waals surface area contributed by atoms with Crippen molar-refractivity contribution in [2.75, 3.05) is 6.54 Å². The number of rotatable bonds is 3. The van der Waals surface area contributed by atoms with Crippen molar-refractivity contribution in [3.63, 3.8) is 0 Å². The van der Waals surface area contributed by atoms with Gasteiger partial charge in [-0.2, -0.15) is 0 Å². The molecule has 1 saturated heterocycles. The van der Waals surface area contributed by atoms with E-state index in [9.17, 15) is 9.59 Å². The average Bonchev–Trinajstić information content (AvgIpc) is 2.35. The third-order valence-electron chi connectivity index (χ3n) is 3.01. The van der Waals surface area contributed by atoms with Crippen LogP contribution < -0.4 is 0 Å². The predicted octanol–water partition coefficient (Wildman–Crippen LogP) is 1.74. The van der Waals surface area contributed by atoms with Crippen molar-refractivity contribution in [2.45, 2.75) is 32.4 Å². The van der Waals surface area contributed by atoms with Gasteiger partial charge in [-0.1, -0.05) is 30.3 Å². The molecule has 1 aliphatic heterocycles. The molecular weight excluding hydrogens is 230 g/mol. The van der Waals surface area contributed by atoms with Gasteiger partial charge in [0.1, 0.15) is 0 Å². The molecule has 0 saturated carbocycles. The third-order valence-corrected chi connectivity index (χ3v) is 3.01. The molecule has 0 aliphatic carbocycles. The van der Waals surface area contributed by atoms with Gasteiger partial charge in [0, 0.05) is 20.0 Å². The second-order valence-electron chi connectivity index (χ2n) is 4.49. The number of likely N-dealkylation sites (tertiary alicyclic amines) is 1. The summed E-state index contributed by atoms with van der Waals surface area (Å²) in [6.45, 7) is 2.65. The summed E-state index contributed by atoms with van der Waals surface area (Å²) in [5.41, 5.74) is 1.09. The van der Waals surface area contributed by atoms with Gasteiger partial charge in [-0.05, 0) is 18.4 Å². The van der Waals surface area contributed by atoms with Crippen LogP contribution in [0, 0.1) is 0 Å². The zero-order chi connectivity index (χ0) is 13.0. The first-order chi connectivity index (χ1) is 8.66. The van der Waals surface area contributed by atoms with Crippen molar-refractivity contribution < 1.29 is 14.3 Å². The highest BCUT2D eigenvalue weighted by atomic mass is 16.5. The molecule has 1 aromatic rings. The summed E-state index contributed by atoms with van der Waals surface area (Å²) in [4.78, 5) is 24.8. The summed E-state index contributed by atoms with van der Waals surface area (Å²) in [5.74, 6) is -0.477. The Morgan fingerprint density at radius 2 is 2.11 bits per heavy atom. The van der Waals surface area contributed by atoms with Gasteiger partial charge < -0.3 is 9.64 Å². The fourth-order valence-electron chi connectivity index (χ4n) is 2.18. The summed E-state index contributed by atoms with van der Waals surface area (Å²) in [7, 11) is 0. The Morgan fingerprint density at radius 3 is 2.78 bits per heavy atom. The van der Waals surface area contributed by atoms with Crippen LogP contribution in [-0.2, 0) is 20.9 Å². The van der Waals surface area contributed by atoms with E-state index in [2.05, 4.69) is 0 Å². The third kappa shape index (κ3) is 3.09. The number of benzene rings is 1. The van der Waals surface area contributed by atoms with Gasteiger partial charge >= 0.3 is 5.97 Å².